The quantitative estimate of drug-likeness (QED) is 0.797. The van der Waals surface area contributed by atoms with Crippen molar-refractivity contribution in [1.29, 1.82) is 0 Å². The Morgan fingerprint density at radius 2 is 1.73 bits per heavy atom. The molecule has 1 aliphatic carbocycles. The average molecular weight is 300 g/mol. The normalized spacial score (nSPS) is 26.9. The molecule has 1 saturated heterocycles. The number of carbonyl (C=O) groups excluding carboxylic acids is 1. The van der Waals surface area contributed by atoms with E-state index in [1.807, 2.05) is 12.1 Å². The van der Waals surface area contributed by atoms with E-state index in [0.717, 1.165) is 30.6 Å². The van der Waals surface area contributed by atoms with Crippen molar-refractivity contribution in [3.8, 4) is 0 Å². The first-order chi connectivity index (χ1) is 10.6. The Balaban J connectivity index is 1.56. The number of ketones is 1. The zero-order chi connectivity index (χ0) is 15.5. The zero-order valence-electron chi connectivity index (χ0n) is 13.9. The van der Waals surface area contributed by atoms with Gasteiger partial charge in [-0.2, -0.15) is 0 Å². The molecule has 120 valence electrons. The fourth-order valence-electron chi connectivity index (χ4n) is 3.99. The second-order valence-corrected chi connectivity index (χ2v) is 7.05. The maximum absolute atomic E-state index is 11.4. The van der Waals surface area contributed by atoms with Crippen molar-refractivity contribution >= 4 is 11.5 Å². The van der Waals surface area contributed by atoms with Crippen LogP contribution in [-0.2, 0) is 0 Å². The molecule has 1 aromatic rings. The third kappa shape index (κ3) is 3.52. The standard InChI is InChI=1S/C19H28N2O/c1-15-4-3-5-19(14-15)21-12-10-20(11-13-21)18-8-6-17(7-9-18)16(2)22/h6-9,15,19H,3-5,10-14H2,1-2H3. The molecule has 2 aliphatic rings. The summed E-state index contributed by atoms with van der Waals surface area (Å²) in [5.41, 5.74) is 2.06. The highest BCUT2D eigenvalue weighted by molar-refractivity contribution is 5.94. The predicted octanol–water partition coefficient (Wildman–Crippen LogP) is 3.59. The molecular weight excluding hydrogens is 272 g/mol. The van der Waals surface area contributed by atoms with Crippen LogP contribution in [0.5, 0.6) is 0 Å². The highest BCUT2D eigenvalue weighted by atomic mass is 16.1. The molecule has 0 N–H and O–H groups in total. The SMILES string of the molecule is CC(=O)c1ccc(N2CCN(C3CCCC(C)C3)CC2)cc1. The Morgan fingerprint density at radius 1 is 1.05 bits per heavy atom. The Kier molecular flexibility index (Phi) is 4.82. The number of benzene rings is 1. The summed E-state index contributed by atoms with van der Waals surface area (Å²) in [6.07, 6.45) is 5.59. The van der Waals surface area contributed by atoms with Crippen LogP contribution in [0.3, 0.4) is 0 Å². The molecule has 0 spiro atoms. The number of carbonyl (C=O) groups is 1. The molecule has 0 radical (unpaired) electrons. The van der Waals surface area contributed by atoms with Crippen molar-refractivity contribution in [3.05, 3.63) is 29.8 Å². The van der Waals surface area contributed by atoms with Crippen LogP contribution in [0.15, 0.2) is 24.3 Å². The van der Waals surface area contributed by atoms with Crippen LogP contribution >= 0.6 is 0 Å². The first-order valence-electron chi connectivity index (χ1n) is 8.73. The first kappa shape index (κ1) is 15.5. The molecule has 1 aromatic carbocycles. The predicted molar refractivity (Wildman–Crippen MR) is 91.7 cm³/mol. The minimum Gasteiger partial charge on any atom is -0.369 e. The molecule has 1 saturated carbocycles. The summed E-state index contributed by atoms with van der Waals surface area (Å²) in [4.78, 5) is 16.5. The lowest BCUT2D eigenvalue weighted by Gasteiger charge is -2.42. The van der Waals surface area contributed by atoms with Gasteiger partial charge in [0.05, 0.1) is 0 Å². The molecule has 3 heteroatoms. The van der Waals surface area contributed by atoms with E-state index in [4.69, 9.17) is 0 Å². The maximum Gasteiger partial charge on any atom is 0.159 e. The van der Waals surface area contributed by atoms with Crippen LogP contribution in [-0.4, -0.2) is 42.9 Å². The van der Waals surface area contributed by atoms with Gasteiger partial charge in [0.1, 0.15) is 0 Å². The molecule has 2 atom stereocenters. The third-order valence-corrected chi connectivity index (χ3v) is 5.38. The molecule has 1 aliphatic heterocycles. The largest absolute Gasteiger partial charge is 0.369 e. The van der Waals surface area contributed by atoms with E-state index >= 15 is 0 Å². The van der Waals surface area contributed by atoms with Crippen LogP contribution in [0, 0.1) is 5.92 Å². The summed E-state index contributed by atoms with van der Waals surface area (Å²) in [6.45, 7) is 8.57. The van der Waals surface area contributed by atoms with Crippen LogP contribution in [0.1, 0.15) is 49.9 Å². The van der Waals surface area contributed by atoms with Crippen molar-refractivity contribution in [1.82, 2.24) is 4.90 Å². The van der Waals surface area contributed by atoms with Gasteiger partial charge >= 0.3 is 0 Å². The molecule has 2 fully saturated rings. The molecule has 0 amide bonds. The van der Waals surface area contributed by atoms with E-state index in [1.54, 1.807) is 6.92 Å². The monoisotopic (exact) mass is 300 g/mol. The summed E-state index contributed by atoms with van der Waals surface area (Å²) >= 11 is 0. The van der Waals surface area contributed by atoms with E-state index in [1.165, 1.54) is 44.5 Å². The van der Waals surface area contributed by atoms with Gasteiger partial charge in [0.15, 0.2) is 5.78 Å². The molecular formula is C19H28N2O. The first-order valence-corrected chi connectivity index (χ1v) is 8.73. The van der Waals surface area contributed by atoms with E-state index in [0.29, 0.717) is 0 Å². The second-order valence-electron chi connectivity index (χ2n) is 7.05. The van der Waals surface area contributed by atoms with Gasteiger partial charge in [-0.25, -0.2) is 0 Å². The molecule has 0 aromatic heterocycles. The second kappa shape index (κ2) is 6.82. The minimum absolute atomic E-state index is 0.141. The Morgan fingerprint density at radius 3 is 2.32 bits per heavy atom. The van der Waals surface area contributed by atoms with Crippen molar-refractivity contribution in [2.75, 3.05) is 31.1 Å². The van der Waals surface area contributed by atoms with Crippen LogP contribution in [0.2, 0.25) is 0 Å². The summed E-state index contributed by atoms with van der Waals surface area (Å²) in [7, 11) is 0. The van der Waals surface area contributed by atoms with Gasteiger partial charge in [-0.1, -0.05) is 19.8 Å². The summed E-state index contributed by atoms with van der Waals surface area (Å²) in [6, 6.07) is 8.90. The Labute approximate surface area is 134 Å². The minimum atomic E-state index is 0.141. The fourth-order valence-corrected chi connectivity index (χ4v) is 3.99. The number of nitrogens with zero attached hydrogens (tertiary/aromatic N) is 2. The molecule has 3 rings (SSSR count). The summed E-state index contributed by atoms with van der Waals surface area (Å²) in [5, 5.41) is 0. The highest BCUT2D eigenvalue weighted by Gasteiger charge is 2.27. The molecule has 0 bridgehead atoms. The molecule has 2 unspecified atom stereocenters. The lowest BCUT2D eigenvalue weighted by molar-refractivity contribution is 0.101. The van der Waals surface area contributed by atoms with Crippen LogP contribution in [0.4, 0.5) is 5.69 Å². The maximum atomic E-state index is 11.4. The number of rotatable bonds is 3. The van der Waals surface area contributed by atoms with Crippen LogP contribution in [0.25, 0.3) is 0 Å². The molecule has 1 heterocycles. The molecule has 22 heavy (non-hydrogen) atoms. The van der Waals surface area contributed by atoms with Gasteiger partial charge in [0.2, 0.25) is 0 Å². The van der Waals surface area contributed by atoms with E-state index in [-0.39, 0.29) is 5.78 Å². The lowest BCUT2D eigenvalue weighted by Crippen LogP contribution is -2.51. The number of Topliss-reactive ketones (excluding diaryl/α,β-unsaturated/α-hetero) is 1. The zero-order valence-corrected chi connectivity index (χ0v) is 13.9. The summed E-state index contributed by atoms with van der Waals surface area (Å²) in [5.74, 6) is 1.04. The summed E-state index contributed by atoms with van der Waals surface area (Å²) < 4.78 is 0. The van der Waals surface area contributed by atoms with Crippen molar-refractivity contribution in [2.45, 2.75) is 45.6 Å². The number of piperazine rings is 1. The number of hydrogen-bond acceptors (Lipinski definition) is 3. The van der Waals surface area contributed by atoms with Gasteiger partial charge in [-0.05, 0) is 49.9 Å². The van der Waals surface area contributed by atoms with E-state index < -0.39 is 0 Å². The van der Waals surface area contributed by atoms with Gasteiger partial charge in [0, 0.05) is 43.5 Å². The van der Waals surface area contributed by atoms with E-state index in [2.05, 4.69) is 28.9 Å². The Hall–Kier alpha value is -1.35. The smallest absolute Gasteiger partial charge is 0.159 e. The molecule has 3 nitrogen and oxygen atoms in total. The van der Waals surface area contributed by atoms with Crippen LogP contribution < -0.4 is 4.90 Å². The highest BCUT2D eigenvalue weighted by Crippen LogP contribution is 2.28. The average Bonchev–Trinajstić information content (AvgIpc) is 2.55. The number of hydrogen-bond donors (Lipinski definition) is 0. The fraction of sp³-hybridized carbons (Fsp3) is 0.632. The van der Waals surface area contributed by atoms with Gasteiger partial charge in [-0.15, -0.1) is 0 Å². The third-order valence-electron chi connectivity index (χ3n) is 5.38. The van der Waals surface area contributed by atoms with Crippen molar-refractivity contribution in [2.24, 2.45) is 5.92 Å². The van der Waals surface area contributed by atoms with Gasteiger partial charge in [0.25, 0.3) is 0 Å². The van der Waals surface area contributed by atoms with Gasteiger partial charge in [-0.3, -0.25) is 9.69 Å². The Bertz CT molecular complexity index is 503. The van der Waals surface area contributed by atoms with Crippen molar-refractivity contribution in [3.63, 3.8) is 0 Å². The van der Waals surface area contributed by atoms with Gasteiger partial charge < -0.3 is 4.90 Å². The van der Waals surface area contributed by atoms with Crippen molar-refractivity contribution < 1.29 is 4.79 Å². The lowest BCUT2D eigenvalue weighted by atomic mass is 9.86. The number of anilines is 1. The van der Waals surface area contributed by atoms with E-state index in [9.17, 15) is 4.79 Å². The topological polar surface area (TPSA) is 23.6 Å².